The molecule has 3 rings (SSSR count). The Morgan fingerprint density at radius 3 is 2.40 bits per heavy atom. The van der Waals surface area contributed by atoms with Crippen LogP contribution >= 0.6 is 0 Å². The van der Waals surface area contributed by atoms with Crippen LogP contribution in [0.5, 0.6) is 0 Å². The van der Waals surface area contributed by atoms with Crippen molar-refractivity contribution < 1.29 is 9.59 Å². The maximum absolute atomic E-state index is 12.6. The molecule has 0 bridgehead atoms. The number of benzene rings is 1. The van der Waals surface area contributed by atoms with Crippen LogP contribution in [0.25, 0.3) is 0 Å². The number of likely N-dealkylation sites (tertiary alicyclic amines) is 1. The minimum absolute atomic E-state index is 0.0333. The number of hydrogen-bond donors (Lipinski definition) is 1. The topological polar surface area (TPSA) is 52.7 Å². The molecular weight excluding hydrogens is 314 g/mol. The summed E-state index contributed by atoms with van der Waals surface area (Å²) >= 11 is 0. The zero-order chi connectivity index (χ0) is 18.0. The normalized spacial score (nSPS) is 22.6. The molecule has 2 fully saturated rings. The van der Waals surface area contributed by atoms with E-state index in [0.717, 1.165) is 37.2 Å². The highest BCUT2D eigenvalue weighted by Gasteiger charge is 2.36. The zero-order valence-electron chi connectivity index (χ0n) is 15.5. The van der Waals surface area contributed by atoms with E-state index in [1.807, 2.05) is 31.2 Å². The summed E-state index contributed by atoms with van der Waals surface area (Å²) in [5.74, 6) is -0.165. The first kappa shape index (κ1) is 17.9. The molecule has 0 unspecified atom stereocenters. The number of carbonyl (C=O) groups excluding carboxylic acids is 2. The Hall–Kier alpha value is -1.88. The molecule has 2 aliphatic heterocycles. The van der Waals surface area contributed by atoms with Crippen LogP contribution in [0.4, 0.5) is 5.69 Å². The second kappa shape index (κ2) is 7.56. The second-order valence-electron chi connectivity index (χ2n) is 7.65. The third kappa shape index (κ3) is 4.21. The average molecular weight is 343 g/mol. The Labute approximate surface area is 150 Å². The van der Waals surface area contributed by atoms with E-state index in [0.29, 0.717) is 19.0 Å². The molecule has 25 heavy (non-hydrogen) atoms. The Bertz CT molecular complexity index is 618. The van der Waals surface area contributed by atoms with E-state index in [1.54, 1.807) is 4.90 Å². The molecule has 5 heteroatoms. The van der Waals surface area contributed by atoms with E-state index in [9.17, 15) is 9.59 Å². The molecule has 0 aliphatic carbocycles. The standard InChI is InChI=1S/C20H29N3O2/c1-14(2)22-10-8-17(9-11-22)21-20(25)16-12-19(24)23(13-16)18-6-4-15(3)5-7-18/h4-7,14,16-17H,8-13H2,1-3H3,(H,21,25)/t16-/m1/s1. The number of piperidine rings is 1. The highest BCUT2D eigenvalue weighted by Crippen LogP contribution is 2.26. The number of carbonyl (C=O) groups is 2. The molecule has 1 atom stereocenters. The molecule has 2 heterocycles. The van der Waals surface area contributed by atoms with Crippen LogP contribution in [0.2, 0.25) is 0 Å². The Balaban J connectivity index is 1.54. The fourth-order valence-corrected chi connectivity index (χ4v) is 3.74. The van der Waals surface area contributed by atoms with Gasteiger partial charge in [0.1, 0.15) is 0 Å². The van der Waals surface area contributed by atoms with Crippen LogP contribution in [0.15, 0.2) is 24.3 Å². The van der Waals surface area contributed by atoms with Crippen molar-refractivity contribution in [3.8, 4) is 0 Å². The maximum atomic E-state index is 12.6. The van der Waals surface area contributed by atoms with Gasteiger partial charge in [0.25, 0.3) is 0 Å². The van der Waals surface area contributed by atoms with Crippen LogP contribution in [-0.4, -0.2) is 48.4 Å². The highest BCUT2D eigenvalue weighted by atomic mass is 16.2. The lowest BCUT2D eigenvalue weighted by Gasteiger charge is -2.35. The van der Waals surface area contributed by atoms with Gasteiger partial charge in [-0.25, -0.2) is 0 Å². The van der Waals surface area contributed by atoms with Gasteiger partial charge in [0.2, 0.25) is 11.8 Å². The molecule has 136 valence electrons. The number of nitrogens with zero attached hydrogens (tertiary/aromatic N) is 2. The third-order valence-electron chi connectivity index (χ3n) is 5.45. The molecule has 1 aromatic carbocycles. The van der Waals surface area contributed by atoms with Gasteiger partial charge in [-0.3, -0.25) is 9.59 Å². The first-order valence-corrected chi connectivity index (χ1v) is 9.35. The number of aryl methyl sites for hydroxylation is 1. The van der Waals surface area contributed by atoms with E-state index >= 15 is 0 Å². The molecule has 2 saturated heterocycles. The van der Waals surface area contributed by atoms with Crippen LogP contribution in [-0.2, 0) is 9.59 Å². The van der Waals surface area contributed by atoms with Gasteiger partial charge >= 0.3 is 0 Å². The van der Waals surface area contributed by atoms with Crippen molar-refractivity contribution in [1.82, 2.24) is 10.2 Å². The summed E-state index contributed by atoms with van der Waals surface area (Å²) in [5, 5.41) is 3.18. The smallest absolute Gasteiger partial charge is 0.227 e. The van der Waals surface area contributed by atoms with Crippen molar-refractivity contribution in [2.45, 2.75) is 52.1 Å². The highest BCUT2D eigenvalue weighted by molar-refractivity contribution is 6.00. The van der Waals surface area contributed by atoms with Gasteiger partial charge in [0.15, 0.2) is 0 Å². The molecule has 2 aliphatic rings. The Morgan fingerprint density at radius 1 is 1.16 bits per heavy atom. The molecule has 5 nitrogen and oxygen atoms in total. The van der Waals surface area contributed by atoms with Gasteiger partial charge in [0, 0.05) is 43.8 Å². The van der Waals surface area contributed by atoms with Crippen LogP contribution in [0.1, 0.15) is 38.7 Å². The lowest BCUT2D eigenvalue weighted by Crippen LogP contribution is -2.48. The van der Waals surface area contributed by atoms with E-state index in [1.165, 1.54) is 0 Å². The number of anilines is 1. The molecule has 0 radical (unpaired) electrons. The van der Waals surface area contributed by atoms with Crippen molar-refractivity contribution in [2.75, 3.05) is 24.5 Å². The largest absolute Gasteiger partial charge is 0.353 e. The van der Waals surface area contributed by atoms with Gasteiger partial charge in [-0.2, -0.15) is 0 Å². The molecule has 1 aromatic rings. The lowest BCUT2D eigenvalue weighted by atomic mass is 10.0. The molecule has 0 aromatic heterocycles. The van der Waals surface area contributed by atoms with Crippen LogP contribution in [0.3, 0.4) is 0 Å². The quantitative estimate of drug-likeness (QED) is 0.913. The molecular formula is C20H29N3O2. The Morgan fingerprint density at radius 2 is 1.80 bits per heavy atom. The van der Waals surface area contributed by atoms with E-state index < -0.39 is 0 Å². The second-order valence-corrected chi connectivity index (χ2v) is 7.65. The summed E-state index contributed by atoms with van der Waals surface area (Å²) in [7, 11) is 0. The van der Waals surface area contributed by atoms with E-state index in [-0.39, 0.29) is 23.8 Å². The van der Waals surface area contributed by atoms with Gasteiger partial charge in [-0.1, -0.05) is 17.7 Å². The van der Waals surface area contributed by atoms with Crippen molar-refractivity contribution in [1.29, 1.82) is 0 Å². The Kier molecular flexibility index (Phi) is 5.42. The summed E-state index contributed by atoms with van der Waals surface area (Å²) in [5.41, 5.74) is 2.05. The van der Waals surface area contributed by atoms with Crippen molar-refractivity contribution in [2.24, 2.45) is 5.92 Å². The molecule has 0 saturated carbocycles. The summed E-state index contributed by atoms with van der Waals surface area (Å²) in [6, 6.07) is 8.71. The summed E-state index contributed by atoms with van der Waals surface area (Å²) < 4.78 is 0. The van der Waals surface area contributed by atoms with Crippen LogP contribution < -0.4 is 10.2 Å². The fourth-order valence-electron chi connectivity index (χ4n) is 3.74. The lowest BCUT2D eigenvalue weighted by molar-refractivity contribution is -0.127. The van der Waals surface area contributed by atoms with Gasteiger partial charge in [0.05, 0.1) is 5.92 Å². The zero-order valence-corrected chi connectivity index (χ0v) is 15.5. The number of hydrogen-bond acceptors (Lipinski definition) is 3. The maximum Gasteiger partial charge on any atom is 0.227 e. The van der Waals surface area contributed by atoms with E-state index in [4.69, 9.17) is 0 Å². The molecule has 2 amide bonds. The fraction of sp³-hybridized carbons (Fsp3) is 0.600. The van der Waals surface area contributed by atoms with Gasteiger partial charge in [-0.05, 0) is 45.7 Å². The van der Waals surface area contributed by atoms with Crippen molar-refractivity contribution in [3.05, 3.63) is 29.8 Å². The monoisotopic (exact) mass is 343 g/mol. The number of nitrogens with one attached hydrogen (secondary N) is 1. The van der Waals surface area contributed by atoms with E-state index in [2.05, 4.69) is 24.1 Å². The predicted molar refractivity (Wildman–Crippen MR) is 99.5 cm³/mol. The van der Waals surface area contributed by atoms with Crippen LogP contribution in [0, 0.1) is 12.8 Å². The minimum Gasteiger partial charge on any atom is -0.353 e. The minimum atomic E-state index is -0.239. The summed E-state index contributed by atoms with van der Waals surface area (Å²) in [4.78, 5) is 29.1. The average Bonchev–Trinajstić information content (AvgIpc) is 2.98. The SMILES string of the molecule is Cc1ccc(N2C[C@H](C(=O)NC3CCN(C(C)C)CC3)CC2=O)cc1. The number of amides is 2. The predicted octanol–water partition coefficient (Wildman–Crippen LogP) is 2.34. The molecule has 1 N–H and O–H groups in total. The summed E-state index contributed by atoms with van der Waals surface area (Å²) in [6.45, 7) is 8.99. The summed E-state index contributed by atoms with van der Waals surface area (Å²) in [6.07, 6.45) is 2.29. The number of rotatable bonds is 4. The first-order chi connectivity index (χ1) is 11.9. The first-order valence-electron chi connectivity index (χ1n) is 9.35. The van der Waals surface area contributed by atoms with Gasteiger partial charge < -0.3 is 15.1 Å². The van der Waals surface area contributed by atoms with Crippen molar-refractivity contribution in [3.63, 3.8) is 0 Å². The van der Waals surface area contributed by atoms with Crippen molar-refractivity contribution >= 4 is 17.5 Å². The third-order valence-corrected chi connectivity index (χ3v) is 5.45. The van der Waals surface area contributed by atoms with Gasteiger partial charge in [-0.15, -0.1) is 0 Å². The molecule has 0 spiro atoms.